The molecule has 0 saturated carbocycles. The molecule has 7 heteroatoms. The van der Waals surface area contributed by atoms with E-state index in [1.807, 2.05) is 6.92 Å². The molecule has 0 aromatic rings. The van der Waals surface area contributed by atoms with Gasteiger partial charge in [0.25, 0.3) is 11.8 Å². The number of methoxy groups -OCH3 is 1. The van der Waals surface area contributed by atoms with Crippen molar-refractivity contribution in [2.24, 2.45) is 0 Å². The first kappa shape index (κ1) is 12.6. The van der Waals surface area contributed by atoms with Gasteiger partial charge in [0.1, 0.15) is 11.7 Å². The van der Waals surface area contributed by atoms with Crippen LogP contribution in [0.2, 0.25) is 0 Å². The van der Waals surface area contributed by atoms with E-state index in [0.717, 1.165) is 12.8 Å². The fourth-order valence-corrected chi connectivity index (χ4v) is 2.04. The SMILES string of the molecule is CCCCN1C(=O)C2=C(C(=O)OC)NN[C@@H]2C1=O. The topological polar surface area (TPSA) is 87.7 Å². The molecule has 0 radical (unpaired) electrons. The number of imide groups is 1. The number of fused-ring (bicyclic) bond motifs is 1. The van der Waals surface area contributed by atoms with E-state index in [-0.39, 0.29) is 17.2 Å². The molecule has 1 atom stereocenters. The Bertz CT molecular complexity index is 444. The lowest BCUT2D eigenvalue weighted by Crippen LogP contribution is -2.42. The molecular weight excluding hydrogens is 238 g/mol. The van der Waals surface area contributed by atoms with Crippen molar-refractivity contribution < 1.29 is 19.1 Å². The van der Waals surface area contributed by atoms with Gasteiger partial charge >= 0.3 is 5.97 Å². The minimum Gasteiger partial charge on any atom is -0.464 e. The van der Waals surface area contributed by atoms with E-state index in [0.29, 0.717) is 6.54 Å². The van der Waals surface area contributed by atoms with Gasteiger partial charge in [0.2, 0.25) is 0 Å². The van der Waals surface area contributed by atoms with Crippen molar-refractivity contribution in [3.63, 3.8) is 0 Å². The van der Waals surface area contributed by atoms with Gasteiger partial charge in [0.15, 0.2) is 0 Å². The molecule has 2 heterocycles. The highest BCUT2D eigenvalue weighted by Crippen LogP contribution is 2.25. The maximum atomic E-state index is 12.1. The predicted molar refractivity (Wildman–Crippen MR) is 60.7 cm³/mol. The van der Waals surface area contributed by atoms with Crippen LogP contribution < -0.4 is 10.9 Å². The number of rotatable bonds is 4. The second-order valence-corrected chi connectivity index (χ2v) is 4.13. The first-order valence-corrected chi connectivity index (χ1v) is 5.81. The molecule has 0 aromatic heterocycles. The van der Waals surface area contributed by atoms with Crippen LogP contribution in [-0.4, -0.2) is 42.4 Å². The fourth-order valence-electron chi connectivity index (χ4n) is 2.04. The Morgan fingerprint density at radius 3 is 2.78 bits per heavy atom. The van der Waals surface area contributed by atoms with Crippen molar-refractivity contribution in [3.8, 4) is 0 Å². The summed E-state index contributed by atoms with van der Waals surface area (Å²) in [5, 5.41) is 0. The average molecular weight is 253 g/mol. The molecule has 0 bridgehead atoms. The van der Waals surface area contributed by atoms with Gasteiger partial charge in [-0.25, -0.2) is 10.2 Å². The third-order valence-electron chi connectivity index (χ3n) is 3.01. The van der Waals surface area contributed by atoms with Crippen molar-refractivity contribution in [3.05, 3.63) is 11.3 Å². The van der Waals surface area contributed by atoms with Crippen molar-refractivity contribution in [1.29, 1.82) is 0 Å². The summed E-state index contributed by atoms with van der Waals surface area (Å²) >= 11 is 0. The normalized spacial score (nSPS) is 22.3. The number of carbonyl (C=O) groups excluding carboxylic acids is 3. The van der Waals surface area contributed by atoms with Gasteiger partial charge in [-0.2, -0.15) is 0 Å². The van der Waals surface area contributed by atoms with Crippen LogP contribution in [0.4, 0.5) is 0 Å². The molecule has 1 fully saturated rings. The van der Waals surface area contributed by atoms with Crippen molar-refractivity contribution in [2.45, 2.75) is 25.8 Å². The van der Waals surface area contributed by atoms with Gasteiger partial charge in [-0.1, -0.05) is 13.3 Å². The van der Waals surface area contributed by atoms with Gasteiger partial charge in [-0.05, 0) is 6.42 Å². The third-order valence-corrected chi connectivity index (χ3v) is 3.01. The van der Waals surface area contributed by atoms with Crippen LogP contribution in [-0.2, 0) is 19.1 Å². The first-order chi connectivity index (χ1) is 8.61. The number of esters is 1. The van der Waals surface area contributed by atoms with Gasteiger partial charge in [-0.3, -0.25) is 14.5 Å². The molecule has 2 amide bonds. The Balaban J connectivity index is 2.29. The summed E-state index contributed by atoms with van der Waals surface area (Å²) in [6, 6.07) is -0.775. The molecule has 0 aliphatic carbocycles. The number of hydrogen-bond acceptors (Lipinski definition) is 6. The molecule has 0 aromatic carbocycles. The predicted octanol–water partition coefficient (Wildman–Crippen LogP) is -0.941. The fraction of sp³-hybridized carbons (Fsp3) is 0.545. The van der Waals surface area contributed by atoms with E-state index < -0.39 is 17.9 Å². The molecule has 1 saturated heterocycles. The van der Waals surface area contributed by atoms with Crippen molar-refractivity contribution in [2.75, 3.05) is 13.7 Å². The number of unbranched alkanes of at least 4 members (excludes halogenated alkanes) is 1. The third kappa shape index (κ3) is 1.76. The standard InChI is InChI=1S/C11H15N3O4/c1-3-4-5-14-9(15)6-7(10(14)16)12-13-8(6)11(17)18-2/h7,12-13H,3-5H2,1-2H3/t7-/m0/s1. The van der Waals surface area contributed by atoms with Crippen LogP contribution in [0.15, 0.2) is 11.3 Å². The maximum Gasteiger partial charge on any atom is 0.356 e. The Kier molecular flexibility index (Phi) is 3.33. The smallest absolute Gasteiger partial charge is 0.356 e. The van der Waals surface area contributed by atoms with E-state index in [1.54, 1.807) is 0 Å². The monoisotopic (exact) mass is 253 g/mol. The number of amides is 2. The van der Waals surface area contributed by atoms with E-state index in [4.69, 9.17) is 0 Å². The number of ether oxygens (including phenoxy) is 1. The minimum absolute atomic E-state index is 0.0276. The minimum atomic E-state index is -0.775. The Morgan fingerprint density at radius 1 is 1.44 bits per heavy atom. The number of hydrogen-bond donors (Lipinski definition) is 2. The van der Waals surface area contributed by atoms with Crippen molar-refractivity contribution in [1.82, 2.24) is 15.8 Å². The lowest BCUT2D eigenvalue weighted by atomic mass is 10.1. The largest absolute Gasteiger partial charge is 0.464 e. The zero-order valence-corrected chi connectivity index (χ0v) is 10.3. The van der Waals surface area contributed by atoms with Gasteiger partial charge in [0, 0.05) is 6.54 Å². The zero-order valence-electron chi connectivity index (χ0n) is 10.3. The second kappa shape index (κ2) is 4.77. The summed E-state index contributed by atoms with van der Waals surface area (Å²) in [4.78, 5) is 36.7. The Hall–Kier alpha value is -1.89. The molecule has 2 aliphatic heterocycles. The highest BCUT2D eigenvalue weighted by Gasteiger charge is 2.49. The van der Waals surface area contributed by atoms with Crippen LogP contribution in [0.5, 0.6) is 0 Å². The number of hydrazine groups is 1. The lowest BCUT2D eigenvalue weighted by molar-refractivity contribution is -0.140. The zero-order chi connectivity index (χ0) is 13.3. The summed E-state index contributed by atoms with van der Waals surface area (Å²) in [6.45, 7) is 2.36. The Morgan fingerprint density at radius 2 is 2.17 bits per heavy atom. The quantitative estimate of drug-likeness (QED) is 0.496. The van der Waals surface area contributed by atoms with E-state index in [9.17, 15) is 14.4 Å². The van der Waals surface area contributed by atoms with Crippen LogP contribution in [0, 0.1) is 0 Å². The summed E-state index contributed by atoms with van der Waals surface area (Å²) in [7, 11) is 1.22. The van der Waals surface area contributed by atoms with E-state index in [1.165, 1.54) is 12.0 Å². The molecule has 98 valence electrons. The summed E-state index contributed by atoms with van der Waals surface area (Å²) in [6.07, 6.45) is 1.63. The molecule has 2 rings (SSSR count). The Labute approximate surface area is 104 Å². The lowest BCUT2D eigenvalue weighted by Gasteiger charge is -2.14. The van der Waals surface area contributed by atoms with Gasteiger partial charge in [0.05, 0.1) is 12.7 Å². The van der Waals surface area contributed by atoms with E-state index >= 15 is 0 Å². The van der Waals surface area contributed by atoms with Gasteiger partial charge < -0.3 is 10.2 Å². The molecule has 18 heavy (non-hydrogen) atoms. The number of likely N-dealkylation sites (tertiary alicyclic amines) is 1. The van der Waals surface area contributed by atoms with E-state index in [2.05, 4.69) is 15.6 Å². The van der Waals surface area contributed by atoms with Crippen LogP contribution >= 0.6 is 0 Å². The molecular formula is C11H15N3O4. The van der Waals surface area contributed by atoms with Crippen molar-refractivity contribution >= 4 is 17.8 Å². The van der Waals surface area contributed by atoms with Crippen LogP contribution in [0.3, 0.4) is 0 Å². The van der Waals surface area contributed by atoms with Crippen LogP contribution in [0.25, 0.3) is 0 Å². The number of nitrogens with zero attached hydrogens (tertiary/aromatic N) is 1. The highest BCUT2D eigenvalue weighted by atomic mass is 16.5. The molecule has 0 unspecified atom stereocenters. The molecule has 7 nitrogen and oxygen atoms in total. The molecule has 2 aliphatic rings. The second-order valence-electron chi connectivity index (χ2n) is 4.13. The summed E-state index contributed by atoms with van der Waals surface area (Å²) in [5.41, 5.74) is 5.35. The highest BCUT2D eigenvalue weighted by molar-refractivity contribution is 6.20. The first-order valence-electron chi connectivity index (χ1n) is 5.81. The number of nitrogens with one attached hydrogen (secondary N) is 2. The number of carbonyl (C=O) groups is 3. The maximum absolute atomic E-state index is 12.1. The average Bonchev–Trinajstić information content (AvgIpc) is 2.90. The van der Waals surface area contributed by atoms with Crippen LogP contribution in [0.1, 0.15) is 19.8 Å². The molecule has 0 spiro atoms. The summed E-state index contributed by atoms with van der Waals surface area (Å²) in [5.74, 6) is -1.40. The summed E-state index contributed by atoms with van der Waals surface area (Å²) < 4.78 is 4.56. The van der Waals surface area contributed by atoms with Gasteiger partial charge in [-0.15, -0.1) is 0 Å². The molecule has 2 N–H and O–H groups in total.